The summed E-state index contributed by atoms with van der Waals surface area (Å²) >= 11 is 1.46. The number of fused-ring (bicyclic) bond motifs is 1. The zero-order chi connectivity index (χ0) is 15.4. The molecule has 2 rings (SSSR count). The standard InChI is InChI=1S/C16H19NO3S/c1-11(2)10-17(8-7-15(18)19)16(20)14-9-12-5-3-4-6-13(12)21-14/h3-6,9,11H,7-8,10H2,1-2H3,(H,18,19). The first kappa shape index (κ1) is 15.5. The van der Waals surface area contributed by atoms with E-state index < -0.39 is 5.97 Å². The van der Waals surface area contributed by atoms with Crippen molar-refractivity contribution in [2.45, 2.75) is 20.3 Å². The summed E-state index contributed by atoms with van der Waals surface area (Å²) < 4.78 is 1.07. The number of hydrogen-bond donors (Lipinski definition) is 1. The Labute approximate surface area is 128 Å². The molecule has 0 aliphatic carbocycles. The van der Waals surface area contributed by atoms with Crippen LogP contribution in [0.2, 0.25) is 0 Å². The van der Waals surface area contributed by atoms with Crippen LogP contribution in [0.25, 0.3) is 10.1 Å². The van der Waals surface area contributed by atoms with E-state index in [1.807, 2.05) is 44.2 Å². The monoisotopic (exact) mass is 305 g/mol. The Morgan fingerprint density at radius 2 is 2.00 bits per heavy atom. The predicted molar refractivity (Wildman–Crippen MR) is 84.8 cm³/mol. The number of rotatable bonds is 6. The highest BCUT2D eigenvalue weighted by molar-refractivity contribution is 7.20. The van der Waals surface area contributed by atoms with Gasteiger partial charge in [0.15, 0.2) is 0 Å². The summed E-state index contributed by atoms with van der Waals surface area (Å²) in [5, 5.41) is 9.88. The average Bonchev–Trinajstić information content (AvgIpc) is 2.86. The van der Waals surface area contributed by atoms with Crippen molar-refractivity contribution in [2.24, 2.45) is 5.92 Å². The minimum Gasteiger partial charge on any atom is -0.481 e. The van der Waals surface area contributed by atoms with Crippen molar-refractivity contribution in [3.8, 4) is 0 Å². The molecule has 0 bridgehead atoms. The summed E-state index contributed by atoms with van der Waals surface area (Å²) in [5.41, 5.74) is 0. The largest absolute Gasteiger partial charge is 0.481 e. The summed E-state index contributed by atoms with van der Waals surface area (Å²) in [6, 6.07) is 9.74. The molecule has 0 unspecified atom stereocenters. The molecule has 0 aliphatic heterocycles. The van der Waals surface area contributed by atoms with E-state index in [0.29, 0.717) is 17.3 Å². The van der Waals surface area contributed by atoms with E-state index in [9.17, 15) is 9.59 Å². The molecular formula is C16H19NO3S. The van der Waals surface area contributed by atoms with Gasteiger partial charge in [-0.15, -0.1) is 11.3 Å². The molecule has 0 saturated carbocycles. The first-order chi connectivity index (χ1) is 9.97. The Morgan fingerprint density at radius 1 is 1.29 bits per heavy atom. The predicted octanol–water partition coefficient (Wildman–Crippen LogP) is 3.47. The van der Waals surface area contributed by atoms with Gasteiger partial charge in [-0.25, -0.2) is 0 Å². The van der Waals surface area contributed by atoms with Crippen LogP contribution in [0.15, 0.2) is 30.3 Å². The molecular weight excluding hydrogens is 286 g/mol. The summed E-state index contributed by atoms with van der Waals surface area (Å²) in [6.45, 7) is 4.86. The van der Waals surface area contributed by atoms with E-state index >= 15 is 0 Å². The van der Waals surface area contributed by atoms with Gasteiger partial charge in [0, 0.05) is 17.8 Å². The molecule has 0 atom stereocenters. The van der Waals surface area contributed by atoms with Crippen LogP contribution in [0.3, 0.4) is 0 Å². The minimum absolute atomic E-state index is 0.0244. The Morgan fingerprint density at radius 3 is 2.62 bits per heavy atom. The Hall–Kier alpha value is -1.88. The second-order valence-corrected chi connectivity index (χ2v) is 6.52. The fourth-order valence-electron chi connectivity index (χ4n) is 2.19. The molecule has 21 heavy (non-hydrogen) atoms. The highest BCUT2D eigenvalue weighted by Crippen LogP contribution is 2.26. The quantitative estimate of drug-likeness (QED) is 0.889. The van der Waals surface area contributed by atoms with E-state index in [0.717, 1.165) is 10.1 Å². The van der Waals surface area contributed by atoms with Gasteiger partial charge in [0.25, 0.3) is 5.91 Å². The minimum atomic E-state index is -0.882. The fourth-order valence-corrected chi connectivity index (χ4v) is 3.22. The van der Waals surface area contributed by atoms with Crippen LogP contribution in [0, 0.1) is 5.92 Å². The molecule has 5 heteroatoms. The number of carboxylic acids is 1. The first-order valence-corrected chi connectivity index (χ1v) is 7.78. The summed E-state index contributed by atoms with van der Waals surface area (Å²) in [5.74, 6) is -0.656. The molecule has 2 aromatic rings. The maximum Gasteiger partial charge on any atom is 0.305 e. The van der Waals surface area contributed by atoms with Crippen LogP contribution < -0.4 is 0 Å². The van der Waals surface area contributed by atoms with Crippen LogP contribution in [0.1, 0.15) is 29.9 Å². The lowest BCUT2D eigenvalue weighted by molar-refractivity contribution is -0.137. The molecule has 1 aromatic carbocycles. The van der Waals surface area contributed by atoms with Crippen molar-refractivity contribution in [2.75, 3.05) is 13.1 Å². The summed E-state index contributed by atoms with van der Waals surface area (Å²) in [4.78, 5) is 25.7. The van der Waals surface area contributed by atoms with Crippen molar-refractivity contribution < 1.29 is 14.7 Å². The van der Waals surface area contributed by atoms with Gasteiger partial charge in [-0.1, -0.05) is 32.0 Å². The number of carbonyl (C=O) groups is 2. The average molecular weight is 305 g/mol. The highest BCUT2D eigenvalue weighted by Gasteiger charge is 2.19. The van der Waals surface area contributed by atoms with Gasteiger partial charge in [-0.3, -0.25) is 9.59 Å². The smallest absolute Gasteiger partial charge is 0.305 e. The van der Waals surface area contributed by atoms with Crippen molar-refractivity contribution >= 4 is 33.3 Å². The topological polar surface area (TPSA) is 57.6 Å². The molecule has 4 nitrogen and oxygen atoms in total. The maximum absolute atomic E-state index is 12.6. The van der Waals surface area contributed by atoms with Gasteiger partial charge in [-0.2, -0.15) is 0 Å². The summed E-state index contributed by atoms with van der Waals surface area (Å²) in [7, 11) is 0. The van der Waals surface area contributed by atoms with Gasteiger partial charge in [0.05, 0.1) is 11.3 Å². The molecule has 1 heterocycles. The third kappa shape index (κ3) is 4.04. The maximum atomic E-state index is 12.6. The third-order valence-corrected chi connectivity index (χ3v) is 4.21. The van der Waals surface area contributed by atoms with Gasteiger partial charge < -0.3 is 10.0 Å². The van der Waals surface area contributed by atoms with Crippen LogP contribution in [0.4, 0.5) is 0 Å². The zero-order valence-corrected chi connectivity index (χ0v) is 13.0. The second-order valence-electron chi connectivity index (χ2n) is 5.44. The lowest BCUT2D eigenvalue weighted by Gasteiger charge is -2.23. The number of nitrogens with zero attached hydrogens (tertiary/aromatic N) is 1. The number of carboxylic acid groups (broad SMARTS) is 1. The van der Waals surface area contributed by atoms with Gasteiger partial charge >= 0.3 is 5.97 Å². The number of benzene rings is 1. The van der Waals surface area contributed by atoms with E-state index in [1.54, 1.807) is 4.90 Å². The molecule has 0 spiro atoms. The highest BCUT2D eigenvalue weighted by atomic mass is 32.1. The molecule has 0 radical (unpaired) electrons. The number of aliphatic carboxylic acids is 1. The zero-order valence-electron chi connectivity index (χ0n) is 12.2. The summed E-state index contributed by atoms with van der Waals surface area (Å²) in [6.07, 6.45) is -0.0244. The van der Waals surface area contributed by atoms with Crippen molar-refractivity contribution in [3.05, 3.63) is 35.2 Å². The SMILES string of the molecule is CC(C)CN(CCC(=O)O)C(=O)c1cc2ccccc2s1. The molecule has 1 amide bonds. The second kappa shape index (κ2) is 6.72. The molecule has 0 aliphatic rings. The van der Waals surface area contributed by atoms with Crippen molar-refractivity contribution in [3.63, 3.8) is 0 Å². The van der Waals surface area contributed by atoms with Crippen molar-refractivity contribution in [1.82, 2.24) is 4.90 Å². The van der Waals surface area contributed by atoms with Gasteiger partial charge in [-0.05, 0) is 23.4 Å². The first-order valence-electron chi connectivity index (χ1n) is 6.97. The Bertz CT molecular complexity index is 615. The van der Waals surface area contributed by atoms with Gasteiger partial charge in [0.2, 0.25) is 0 Å². The van der Waals surface area contributed by atoms with E-state index in [1.165, 1.54) is 11.3 Å². The third-order valence-electron chi connectivity index (χ3n) is 3.10. The van der Waals surface area contributed by atoms with Crippen molar-refractivity contribution in [1.29, 1.82) is 0 Å². The fraction of sp³-hybridized carbons (Fsp3) is 0.375. The Balaban J connectivity index is 2.21. The van der Waals surface area contributed by atoms with E-state index in [-0.39, 0.29) is 18.9 Å². The lowest BCUT2D eigenvalue weighted by Crippen LogP contribution is -2.35. The molecule has 1 aromatic heterocycles. The van der Waals surface area contributed by atoms with Crippen LogP contribution >= 0.6 is 11.3 Å². The lowest BCUT2D eigenvalue weighted by atomic mass is 10.2. The number of carbonyl (C=O) groups excluding carboxylic acids is 1. The van der Waals surface area contributed by atoms with Crippen LogP contribution in [-0.4, -0.2) is 35.0 Å². The van der Waals surface area contributed by atoms with Gasteiger partial charge in [0.1, 0.15) is 0 Å². The molecule has 0 saturated heterocycles. The molecule has 1 N–H and O–H groups in total. The molecule has 0 fully saturated rings. The van der Waals surface area contributed by atoms with Crippen LogP contribution in [-0.2, 0) is 4.79 Å². The van der Waals surface area contributed by atoms with Crippen LogP contribution in [0.5, 0.6) is 0 Å². The van der Waals surface area contributed by atoms with E-state index in [4.69, 9.17) is 5.11 Å². The number of thiophene rings is 1. The van der Waals surface area contributed by atoms with E-state index in [2.05, 4.69) is 0 Å². The number of amides is 1. The normalized spacial score (nSPS) is 11.0. The molecule has 112 valence electrons. The Kier molecular flexibility index (Phi) is 4.96. The number of hydrogen-bond acceptors (Lipinski definition) is 3.